The molecule has 7 heteroatoms. The van der Waals surface area contributed by atoms with Crippen LogP contribution >= 0.6 is 12.2 Å². The average molecular weight is 293 g/mol. The van der Waals surface area contributed by atoms with Gasteiger partial charge >= 0.3 is 0 Å². The van der Waals surface area contributed by atoms with Crippen LogP contribution in [-0.4, -0.2) is 35.5 Å². The summed E-state index contributed by atoms with van der Waals surface area (Å²) in [6.45, 7) is 0. The van der Waals surface area contributed by atoms with Gasteiger partial charge in [-0.2, -0.15) is 0 Å². The second kappa shape index (κ2) is 3.55. The minimum atomic E-state index is -2.98. The smallest absolute Gasteiger partial charge is 0.201 e. The number of anilines is 1. The van der Waals surface area contributed by atoms with E-state index in [0.29, 0.717) is 4.77 Å². The molecule has 1 fully saturated rings. The second-order valence-electron chi connectivity index (χ2n) is 5.03. The number of hydrogen-bond donors (Lipinski definition) is 1. The van der Waals surface area contributed by atoms with E-state index < -0.39 is 9.84 Å². The Balaban J connectivity index is 2.02. The maximum atomic E-state index is 11.7. The lowest BCUT2D eigenvalue weighted by atomic mass is 10.2. The Morgan fingerprint density at radius 3 is 2.95 bits per heavy atom. The van der Waals surface area contributed by atoms with Gasteiger partial charge in [0.2, 0.25) is 4.77 Å². The van der Waals surface area contributed by atoms with Gasteiger partial charge in [0, 0.05) is 5.39 Å². The average Bonchev–Trinajstić information content (AvgIpc) is 2.81. The van der Waals surface area contributed by atoms with Crippen LogP contribution < -0.4 is 5.32 Å². The summed E-state index contributed by atoms with van der Waals surface area (Å²) in [5.74, 6) is 1.22. The molecule has 2 aromatic rings. The van der Waals surface area contributed by atoms with Crippen molar-refractivity contribution in [3.05, 3.63) is 29.0 Å². The van der Waals surface area contributed by atoms with Crippen LogP contribution in [0.4, 0.5) is 5.82 Å². The van der Waals surface area contributed by atoms with Crippen molar-refractivity contribution in [3.63, 3.8) is 0 Å². The quantitative estimate of drug-likeness (QED) is 0.746. The van der Waals surface area contributed by atoms with Crippen LogP contribution in [-0.2, 0) is 9.84 Å². The molecule has 2 aliphatic rings. The molecular formula is C12H11N3O2S2. The minimum Gasteiger partial charge on any atom is -0.365 e. The molecule has 19 heavy (non-hydrogen) atoms. The van der Waals surface area contributed by atoms with Gasteiger partial charge in [-0.25, -0.2) is 13.4 Å². The van der Waals surface area contributed by atoms with Crippen molar-refractivity contribution >= 4 is 38.8 Å². The molecule has 0 spiro atoms. The Labute approximate surface area is 115 Å². The van der Waals surface area contributed by atoms with Crippen LogP contribution in [0.15, 0.2) is 24.3 Å². The third-order valence-electron chi connectivity index (χ3n) is 3.80. The fraction of sp³-hybridized carbons (Fsp3) is 0.333. The molecule has 1 N–H and O–H groups in total. The zero-order chi connectivity index (χ0) is 13.2. The lowest BCUT2D eigenvalue weighted by Crippen LogP contribution is -2.20. The molecule has 0 amide bonds. The molecule has 3 heterocycles. The minimum absolute atomic E-state index is 0.0840. The molecule has 2 aliphatic heterocycles. The van der Waals surface area contributed by atoms with Crippen molar-refractivity contribution in [1.29, 1.82) is 0 Å². The van der Waals surface area contributed by atoms with Gasteiger partial charge in [-0.05, 0) is 24.4 Å². The van der Waals surface area contributed by atoms with E-state index >= 15 is 0 Å². The first-order valence-corrected chi connectivity index (χ1v) is 8.26. The molecule has 0 radical (unpaired) electrons. The van der Waals surface area contributed by atoms with Gasteiger partial charge in [-0.1, -0.05) is 12.1 Å². The summed E-state index contributed by atoms with van der Waals surface area (Å²) < 4.78 is 25.8. The zero-order valence-corrected chi connectivity index (χ0v) is 11.5. The van der Waals surface area contributed by atoms with E-state index in [2.05, 4.69) is 10.3 Å². The number of nitrogens with zero attached hydrogens (tertiary/aromatic N) is 2. The highest BCUT2D eigenvalue weighted by molar-refractivity contribution is 7.91. The number of para-hydroxylation sites is 1. The summed E-state index contributed by atoms with van der Waals surface area (Å²) in [4.78, 5) is 4.40. The zero-order valence-electron chi connectivity index (χ0n) is 9.91. The van der Waals surface area contributed by atoms with Crippen LogP contribution in [0.25, 0.3) is 10.9 Å². The van der Waals surface area contributed by atoms with Crippen LogP contribution in [0.2, 0.25) is 0 Å². The van der Waals surface area contributed by atoms with Gasteiger partial charge in [0.25, 0.3) is 0 Å². The molecule has 0 bridgehead atoms. The van der Waals surface area contributed by atoms with Gasteiger partial charge in [0.15, 0.2) is 9.84 Å². The number of fused-ring (bicyclic) bond motifs is 5. The SMILES string of the molecule is O=S1(=O)C[C@@H]2Nc3c4ccccc4nc(=S)n3[C@H]2C1. The van der Waals surface area contributed by atoms with Gasteiger partial charge in [0.05, 0.1) is 29.1 Å². The summed E-state index contributed by atoms with van der Waals surface area (Å²) in [6.07, 6.45) is 0. The van der Waals surface area contributed by atoms with Crippen molar-refractivity contribution in [3.8, 4) is 0 Å². The summed E-state index contributed by atoms with van der Waals surface area (Å²) in [7, 11) is -2.98. The maximum absolute atomic E-state index is 11.7. The molecule has 1 aromatic carbocycles. The van der Waals surface area contributed by atoms with Gasteiger partial charge in [-0.3, -0.25) is 4.57 Å². The molecular weight excluding hydrogens is 282 g/mol. The first kappa shape index (κ1) is 11.4. The van der Waals surface area contributed by atoms with Crippen LogP contribution in [0, 0.1) is 4.77 Å². The predicted molar refractivity (Wildman–Crippen MR) is 75.7 cm³/mol. The van der Waals surface area contributed by atoms with E-state index in [1.807, 2.05) is 28.8 Å². The topological polar surface area (TPSA) is 64.0 Å². The van der Waals surface area contributed by atoms with E-state index in [-0.39, 0.29) is 23.6 Å². The van der Waals surface area contributed by atoms with Gasteiger partial charge in [-0.15, -0.1) is 0 Å². The molecule has 4 rings (SSSR count). The fourth-order valence-corrected chi connectivity index (χ4v) is 5.22. The molecule has 0 unspecified atom stereocenters. The third-order valence-corrected chi connectivity index (χ3v) is 5.80. The number of nitrogens with one attached hydrogen (secondary N) is 1. The van der Waals surface area contributed by atoms with E-state index in [1.54, 1.807) is 0 Å². The number of aromatic nitrogens is 2. The van der Waals surface area contributed by atoms with E-state index in [9.17, 15) is 8.42 Å². The predicted octanol–water partition coefficient (Wildman–Crippen LogP) is 1.53. The molecule has 98 valence electrons. The lowest BCUT2D eigenvalue weighted by molar-refractivity contribution is 0.559. The number of hydrogen-bond acceptors (Lipinski definition) is 5. The molecule has 2 atom stereocenters. The Morgan fingerprint density at radius 1 is 1.32 bits per heavy atom. The van der Waals surface area contributed by atoms with Crippen molar-refractivity contribution in [2.75, 3.05) is 16.8 Å². The Bertz CT molecular complexity index is 857. The monoisotopic (exact) mass is 293 g/mol. The highest BCUT2D eigenvalue weighted by Gasteiger charge is 2.44. The number of benzene rings is 1. The third kappa shape index (κ3) is 1.54. The Hall–Kier alpha value is -1.47. The van der Waals surface area contributed by atoms with Crippen molar-refractivity contribution in [1.82, 2.24) is 9.55 Å². The Morgan fingerprint density at radius 2 is 2.11 bits per heavy atom. The first-order chi connectivity index (χ1) is 9.05. The molecule has 5 nitrogen and oxygen atoms in total. The van der Waals surface area contributed by atoms with Gasteiger partial charge < -0.3 is 5.32 Å². The van der Waals surface area contributed by atoms with E-state index in [4.69, 9.17) is 12.2 Å². The molecule has 1 saturated heterocycles. The largest absolute Gasteiger partial charge is 0.365 e. The van der Waals surface area contributed by atoms with Crippen molar-refractivity contribution in [2.24, 2.45) is 0 Å². The highest BCUT2D eigenvalue weighted by Crippen LogP contribution is 2.38. The maximum Gasteiger partial charge on any atom is 0.201 e. The molecule has 0 aliphatic carbocycles. The fourth-order valence-electron chi connectivity index (χ4n) is 3.01. The van der Waals surface area contributed by atoms with Crippen LogP contribution in [0.3, 0.4) is 0 Å². The summed E-state index contributed by atoms with van der Waals surface area (Å²) in [6, 6.07) is 7.55. The second-order valence-corrected chi connectivity index (χ2v) is 7.54. The lowest BCUT2D eigenvalue weighted by Gasteiger charge is -2.11. The van der Waals surface area contributed by atoms with Gasteiger partial charge in [0.1, 0.15) is 5.82 Å². The van der Waals surface area contributed by atoms with Crippen LogP contribution in [0.5, 0.6) is 0 Å². The van der Waals surface area contributed by atoms with E-state index in [0.717, 1.165) is 16.7 Å². The molecule has 0 saturated carbocycles. The van der Waals surface area contributed by atoms with Crippen LogP contribution in [0.1, 0.15) is 6.04 Å². The summed E-state index contributed by atoms with van der Waals surface area (Å²) >= 11 is 5.32. The van der Waals surface area contributed by atoms with E-state index in [1.165, 1.54) is 0 Å². The summed E-state index contributed by atoms with van der Waals surface area (Å²) in [5, 5.41) is 4.30. The van der Waals surface area contributed by atoms with Crippen molar-refractivity contribution < 1.29 is 8.42 Å². The first-order valence-electron chi connectivity index (χ1n) is 6.03. The highest BCUT2D eigenvalue weighted by atomic mass is 32.2. The standard InChI is InChI=1S/C12H11N3O2S2/c16-19(17)5-9-10(6-19)15-11(13-9)7-3-1-2-4-8(7)14-12(15)18/h1-4,9-10,13H,5-6H2/t9-,10-/m0/s1. The normalized spacial score (nSPS) is 26.9. The van der Waals surface area contributed by atoms with Crippen molar-refractivity contribution in [2.45, 2.75) is 12.1 Å². The molecule has 1 aromatic heterocycles. The number of rotatable bonds is 0. The number of sulfone groups is 1. The Kier molecular flexibility index (Phi) is 2.12. The summed E-state index contributed by atoms with van der Waals surface area (Å²) in [5.41, 5.74) is 0.842.